The zero-order chi connectivity index (χ0) is 12.9. The van der Waals surface area contributed by atoms with E-state index in [-0.39, 0.29) is 12.1 Å². The van der Waals surface area contributed by atoms with Crippen LogP contribution in [0, 0.1) is 6.92 Å². The Morgan fingerprint density at radius 1 is 1.41 bits per heavy atom. The second-order valence-electron chi connectivity index (χ2n) is 4.82. The van der Waals surface area contributed by atoms with Crippen LogP contribution in [0.15, 0.2) is 22.7 Å². The molecule has 0 bridgehead atoms. The summed E-state index contributed by atoms with van der Waals surface area (Å²) in [6, 6.07) is 6.40. The van der Waals surface area contributed by atoms with Crippen molar-refractivity contribution in [1.29, 1.82) is 0 Å². The molecule has 0 amide bonds. The molecule has 1 unspecified atom stereocenters. The van der Waals surface area contributed by atoms with E-state index in [0.717, 1.165) is 23.9 Å². The molecule has 0 radical (unpaired) electrons. The van der Waals surface area contributed by atoms with Gasteiger partial charge in [-0.15, -0.1) is 0 Å². The SMILES string of the molecule is CCC(C)(CCO)NCc1ccc(Br)c(C)c1. The molecule has 1 atom stereocenters. The van der Waals surface area contributed by atoms with E-state index in [4.69, 9.17) is 5.11 Å². The Balaban J connectivity index is 2.62. The molecule has 1 aromatic carbocycles. The number of benzene rings is 1. The lowest BCUT2D eigenvalue weighted by molar-refractivity contribution is 0.214. The Morgan fingerprint density at radius 2 is 2.12 bits per heavy atom. The van der Waals surface area contributed by atoms with Gasteiger partial charge in [0.2, 0.25) is 0 Å². The summed E-state index contributed by atoms with van der Waals surface area (Å²) in [7, 11) is 0. The number of hydrogen-bond acceptors (Lipinski definition) is 2. The summed E-state index contributed by atoms with van der Waals surface area (Å²) in [4.78, 5) is 0. The van der Waals surface area contributed by atoms with Gasteiger partial charge in [0.15, 0.2) is 0 Å². The Labute approximate surface area is 113 Å². The highest BCUT2D eigenvalue weighted by molar-refractivity contribution is 9.10. The molecule has 1 rings (SSSR count). The number of nitrogens with one attached hydrogen (secondary N) is 1. The number of rotatable bonds is 6. The third-order valence-electron chi connectivity index (χ3n) is 3.39. The summed E-state index contributed by atoms with van der Waals surface area (Å²) < 4.78 is 1.15. The van der Waals surface area contributed by atoms with Crippen LogP contribution >= 0.6 is 15.9 Å². The van der Waals surface area contributed by atoms with Crippen LogP contribution in [0.4, 0.5) is 0 Å². The number of aryl methyl sites for hydroxylation is 1. The van der Waals surface area contributed by atoms with Crippen molar-refractivity contribution in [2.45, 2.75) is 45.7 Å². The van der Waals surface area contributed by atoms with Crippen LogP contribution in [0.1, 0.15) is 37.8 Å². The summed E-state index contributed by atoms with van der Waals surface area (Å²) in [6.45, 7) is 7.49. The van der Waals surface area contributed by atoms with Gasteiger partial charge in [0.1, 0.15) is 0 Å². The Morgan fingerprint density at radius 3 is 2.65 bits per heavy atom. The summed E-state index contributed by atoms with van der Waals surface area (Å²) in [5.41, 5.74) is 2.56. The van der Waals surface area contributed by atoms with E-state index < -0.39 is 0 Å². The molecule has 2 N–H and O–H groups in total. The topological polar surface area (TPSA) is 32.3 Å². The average molecular weight is 300 g/mol. The van der Waals surface area contributed by atoms with Crippen LogP contribution in [-0.4, -0.2) is 17.3 Å². The van der Waals surface area contributed by atoms with Crippen LogP contribution in [0.25, 0.3) is 0 Å². The Bertz CT molecular complexity index is 367. The second-order valence-corrected chi connectivity index (χ2v) is 5.68. The Hall–Kier alpha value is -0.380. The number of aliphatic hydroxyl groups is 1. The van der Waals surface area contributed by atoms with E-state index in [0.29, 0.717) is 0 Å². The highest BCUT2D eigenvalue weighted by Gasteiger charge is 2.20. The van der Waals surface area contributed by atoms with Gasteiger partial charge in [-0.1, -0.05) is 35.0 Å². The van der Waals surface area contributed by atoms with Crippen molar-refractivity contribution >= 4 is 15.9 Å². The van der Waals surface area contributed by atoms with Crippen LogP contribution in [0.2, 0.25) is 0 Å². The summed E-state index contributed by atoms with van der Waals surface area (Å²) in [5.74, 6) is 0. The minimum atomic E-state index is 0.0235. The Kier molecular flexibility index (Phi) is 5.63. The summed E-state index contributed by atoms with van der Waals surface area (Å²) in [6.07, 6.45) is 1.81. The highest BCUT2D eigenvalue weighted by Crippen LogP contribution is 2.19. The van der Waals surface area contributed by atoms with Gasteiger partial charge in [-0.25, -0.2) is 0 Å². The average Bonchev–Trinajstić information content (AvgIpc) is 2.31. The quantitative estimate of drug-likeness (QED) is 0.844. The maximum atomic E-state index is 9.06. The van der Waals surface area contributed by atoms with Gasteiger partial charge < -0.3 is 10.4 Å². The van der Waals surface area contributed by atoms with Gasteiger partial charge in [0.05, 0.1) is 0 Å². The molecule has 0 spiro atoms. The van der Waals surface area contributed by atoms with Crippen molar-refractivity contribution in [3.8, 4) is 0 Å². The van der Waals surface area contributed by atoms with E-state index in [1.54, 1.807) is 0 Å². The smallest absolute Gasteiger partial charge is 0.0448 e. The standard InChI is InChI=1S/C14H22BrNO/c1-4-14(3,7-8-17)16-10-12-5-6-13(15)11(2)9-12/h5-6,9,16-17H,4,7-8,10H2,1-3H3. The lowest BCUT2D eigenvalue weighted by Crippen LogP contribution is -2.42. The zero-order valence-electron chi connectivity index (χ0n) is 10.9. The zero-order valence-corrected chi connectivity index (χ0v) is 12.5. The van der Waals surface area contributed by atoms with E-state index >= 15 is 0 Å². The van der Waals surface area contributed by atoms with Crippen LogP contribution in [-0.2, 0) is 6.54 Å². The van der Waals surface area contributed by atoms with Gasteiger partial charge in [-0.2, -0.15) is 0 Å². The molecule has 96 valence electrons. The molecule has 1 aromatic rings. The van der Waals surface area contributed by atoms with Crippen molar-refractivity contribution in [2.75, 3.05) is 6.61 Å². The molecule has 0 saturated heterocycles. The van der Waals surface area contributed by atoms with Crippen molar-refractivity contribution < 1.29 is 5.11 Å². The molecule has 0 fully saturated rings. The fraction of sp³-hybridized carbons (Fsp3) is 0.571. The van der Waals surface area contributed by atoms with Crippen molar-refractivity contribution in [1.82, 2.24) is 5.32 Å². The normalized spacial score (nSPS) is 14.6. The van der Waals surface area contributed by atoms with E-state index in [1.165, 1.54) is 11.1 Å². The molecule has 0 aliphatic carbocycles. The molecule has 3 heteroatoms. The third-order valence-corrected chi connectivity index (χ3v) is 4.28. The van der Waals surface area contributed by atoms with E-state index in [9.17, 15) is 0 Å². The van der Waals surface area contributed by atoms with Crippen molar-refractivity contribution in [2.24, 2.45) is 0 Å². The molecule has 0 aromatic heterocycles. The maximum absolute atomic E-state index is 9.06. The van der Waals surface area contributed by atoms with E-state index in [2.05, 4.69) is 60.2 Å². The first-order chi connectivity index (χ1) is 8.00. The van der Waals surface area contributed by atoms with Crippen LogP contribution in [0.3, 0.4) is 0 Å². The first kappa shape index (κ1) is 14.7. The van der Waals surface area contributed by atoms with Gasteiger partial charge >= 0.3 is 0 Å². The maximum Gasteiger partial charge on any atom is 0.0448 e. The third kappa shape index (κ3) is 4.41. The summed E-state index contributed by atoms with van der Waals surface area (Å²) in [5, 5.41) is 12.6. The van der Waals surface area contributed by atoms with Gasteiger partial charge in [0.25, 0.3) is 0 Å². The minimum Gasteiger partial charge on any atom is -0.396 e. The van der Waals surface area contributed by atoms with Crippen LogP contribution < -0.4 is 5.32 Å². The molecule has 0 aliphatic rings. The fourth-order valence-corrected chi connectivity index (χ4v) is 2.02. The monoisotopic (exact) mass is 299 g/mol. The first-order valence-electron chi connectivity index (χ1n) is 6.11. The molecular weight excluding hydrogens is 278 g/mol. The lowest BCUT2D eigenvalue weighted by atomic mass is 9.94. The molecule has 17 heavy (non-hydrogen) atoms. The molecule has 0 heterocycles. The first-order valence-corrected chi connectivity index (χ1v) is 6.91. The lowest BCUT2D eigenvalue weighted by Gasteiger charge is -2.29. The van der Waals surface area contributed by atoms with E-state index in [1.807, 2.05) is 0 Å². The van der Waals surface area contributed by atoms with Gasteiger partial charge in [0, 0.05) is 23.2 Å². The van der Waals surface area contributed by atoms with Gasteiger partial charge in [-0.3, -0.25) is 0 Å². The predicted molar refractivity (Wildman–Crippen MR) is 76.1 cm³/mol. The predicted octanol–water partition coefficient (Wildman–Crippen LogP) is 3.40. The highest BCUT2D eigenvalue weighted by atomic mass is 79.9. The molecule has 0 saturated carbocycles. The molecule has 0 aliphatic heterocycles. The number of halogens is 1. The fourth-order valence-electron chi connectivity index (χ4n) is 1.77. The van der Waals surface area contributed by atoms with Gasteiger partial charge in [-0.05, 0) is 43.9 Å². The minimum absolute atomic E-state index is 0.0235. The van der Waals surface area contributed by atoms with Crippen molar-refractivity contribution in [3.63, 3.8) is 0 Å². The molecule has 2 nitrogen and oxygen atoms in total. The molecular formula is C14H22BrNO. The number of aliphatic hydroxyl groups excluding tert-OH is 1. The largest absolute Gasteiger partial charge is 0.396 e. The second kappa shape index (κ2) is 6.53. The number of hydrogen-bond donors (Lipinski definition) is 2. The van der Waals surface area contributed by atoms with Crippen LogP contribution in [0.5, 0.6) is 0 Å². The summed E-state index contributed by atoms with van der Waals surface area (Å²) >= 11 is 3.51. The van der Waals surface area contributed by atoms with Crippen molar-refractivity contribution in [3.05, 3.63) is 33.8 Å².